The van der Waals surface area contributed by atoms with Gasteiger partial charge in [-0.1, -0.05) is 19.9 Å². The van der Waals surface area contributed by atoms with E-state index in [1.54, 1.807) is 20.2 Å². The molecule has 0 spiro atoms. The molecule has 0 bridgehead atoms. The van der Waals surface area contributed by atoms with Crippen LogP contribution in [0.3, 0.4) is 0 Å². The van der Waals surface area contributed by atoms with Crippen molar-refractivity contribution < 1.29 is 9.53 Å². The number of rotatable bonds is 9. The average Bonchev–Trinajstić information content (AvgIpc) is 2.58. The Kier molecular flexibility index (Phi) is 13.7. The average molecular weight is 477 g/mol. The van der Waals surface area contributed by atoms with Crippen molar-refractivity contribution in [2.75, 3.05) is 26.7 Å². The van der Waals surface area contributed by atoms with Crippen LogP contribution in [0.1, 0.15) is 32.9 Å². The topological polar surface area (TPSA) is 87.6 Å². The van der Waals surface area contributed by atoms with Crippen molar-refractivity contribution in [3.8, 4) is 0 Å². The van der Waals surface area contributed by atoms with Crippen LogP contribution in [0.5, 0.6) is 0 Å². The van der Waals surface area contributed by atoms with Gasteiger partial charge in [0.15, 0.2) is 5.96 Å². The van der Waals surface area contributed by atoms with Crippen LogP contribution in [-0.4, -0.2) is 49.8 Å². The Hall–Kier alpha value is -1.58. The second-order valence-electron chi connectivity index (χ2n) is 6.14. The number of hydrogen-bond donors (Lipinski definition) is 3. The van der Waals surface area contributed by atoms with Gasteiger partial charge < -0.3 is 20.7 Å². The lowest BCUT2D eigenvalue weighted by Crippen LogP contribution is -2.48. The fourth-order valence-electron chi connectivity index (χ4n) is 2.40. The first-order chi connectivity index (χ1) is 12.0. The first-order valence-corrected chi connectivity index (χ1v) is 8.82. The van der Waals surface area contributed by atoms with Crippen LogP contribution in [0.2, 0.25) is 0 Å². The molecule has 0 fully saturated rings. The van der Waals surface area contributed by atoms with E-state index in [1.807, 2.05) is 18.2 Å². The number of ether oxygens (including phenoxy) is 1. The Morgan fingerprint density at radius 1 is 1.31 bits per heavy atom. The third-order valence-corrected chi connectivity index (χ3v) is 3.49. The molecule has 0 saturated heterocycles. The van der Waals surface area contributed by atoms with Gasteiger partial charge in [0.2, 0.25) is 0 Å². The molecule has 1 aromatic heterocycles. The molecular formula is C18H32IN5O2. The van der Waals surface area contributed by atoms with E-state index in [-0.39, 0.29) is 36.1 Å². The van der Waals surface area contributed by atoms with Crippen molar-refractivity contribution in [1.29, 1.82) is 0 Å². The number of guanidine groups is 1. The summed E-state index contributed by atoms with van der Waals surface area (Å²) in [5.74, 6) is 1.17. The van der Waals surface area contributed by atoms with E-state index in [9.17, 15) is 4.79 Å². The molecular weight excluding hydrogens is 445 g/mol. The van der Waals surface area contributed by atoms with Gasteiger partial charge in [-0.15, -0.1) is 24.0 Å². The van der Waals surface area contributed by atoms with E-state index in [4.69, 9.17) is 4.74 Å². The van der Waals surface area contributed by atoms with Crippen molar-refractivity contribution in [2.45, 2.75) is 39.7 Å². The third kappa shape index (κ3) is 11.1. The van der Waals surface area contributed by atoms with Crippen LogP contribution in [0.4, 0.5) is 4.79 Å². The number of nitrogens with zero attached hydrogens (tertiary/aromatic N) is 2. The Labute approximate surface area is 173 Å². The lowest BCUT2D eigenvalue weighted by Gasteiger charge is -2.22. The Morgan fingerprint density at radius 2 is 2.08 bits per heavy atom. The zero-order valence-electron chi connectivity index (χ0n) is 16.1. The van der Waals surface area contributed by atoms with Crippen LogP contribution in [0.15, 0.2) is 29.4 Å². The quantitative estimate of drug-likeness (QED) is 0.289. The van der Waals surface area contributed by atoms with Crippen molar-refractivity contribution in [3.63, 3.8) is 0 Å². The molecule has 8 heteroatoms. The van der Waals surface area contributed by atoms with Gasteiger partial charge in [-0.25, -0.2) is 4.79 Å². The van der Waals surface area contributed by atoms with Crippen LogP contribution in [0.25, 0.3) is 0 Å². The van der Waals surface area contributed by atoms with Gasteiger partial charge in [0.25, 0.3) is 0 Å². The molecule has 0 radical (unpaired) electrons. The van der Waals surface area contributed by atoms with Gasteiger partial charge in [0.05, 0.1) is 6.61 Å². The fraction of sp³-hybridized carbons (Fsp3) is 0.611. The number of aliphatic imine (C=N–C) groups is 1. The van der Waals surface area contributed by atoms with Crippen LogP contribution in [0, 0.1) is 5.92 Å². The SMILES string of the molecule is CCOC(=O)NC(CNC(=NC)NCCc1ccccn1)CC(C)C.I. The highest BCUT2D eigenvalue weighted by molar-refractivity contribution is 14.0. The van der Waals surface area contributed by atoms with E-state index >= 15 is 0 Å². The number of aromatic nitrogens is 1. The number of hydrogen-bond acceptors (Lipinski definition) is 4. The molecule has 1 amide bonds. The number of carbonyl (C=O) groups is 1. The highest BCUT2D eigenvalue weighted by Gasteiger charge is 2.15. The Balaban J connectivity index is 0.00000625. The number of halogens is 1. The summed E-state index contributed by atoms with van der Waals surface area (Å²) in [6.45, 7) is 7.73. The van der Waals surface area contributed by atoms with Crippen molar-refractivity contribution in [2.24, 2.45) is 10.9 Å². The molecule has 1 atom stereocenters. The summed E-state index contributed by atoms with van der Waals surface area (Å²) >= 11 is 0. The largest absolute Gasteiger partial charge is 0.450 e. The maximum Gasteiger partial charge on any atom is 0.407 e. The Morgan fingerprint density at radius 3 is 2.65 bits per heavy atom. The molecule has 0 aliphatic heterocycles. The number of nitrogens with one attached hydrogen (secondary N) is 3. The summed E-state index contributed by atoms with van der Waals surface area (Å²) in [5.41, 5.74) is 1.03. The van der Waals surface area contributed by atoms with Gasteiger partial charge in [-0.3, -0.25) is 9.98 Å². The number of amides is 1. The van der Waals surface area contributed by atoms with E-state index in [0.29, 0.717) is 25.0 Å². The van der Waals surface area contributed by atoms with Crippen LogP contribution < -0.4 is 16.0 Å². The van der Waals surface area contributed by atoms with Gasteiger partial charge >= 0.3 is 6.09 Å². The van der Waals surface area contributed by atoms with E-state index in [0.717, 1.165) is 25.1 Å². The number of carbonyl (C=O) groups excluding carboxylic acids is 1. The molecule has 0 aliphatic carbocycles. The Bertz CT molecular complexity index is 526. The summed E-state index contributed by atoms with van der Waals surface area (Å²) in [5, 5.41) is 9.41. The van der Waals surface area contributed by atoms with Gasteiger partial charge in [-0.2, -0.15) is 0 Å². The summed E-state index contributed by atoms with van der Waals surface area (Å²) in [4.78, 5) is 20.2. The molecule has 0 aromatic carbocycles. The highest BCUT2D eigenvalue weighted by Crippen LogP contribution is 2.04. The smallest absolute Gasteiger partial charge is 0.407 e. The molecule has 0 saturated carbocycles. The maximum absolute atomic E-state index is 11.7. The monoisotopic (exact) mass is 477 g/mol. The molecule has 26 heavy (non-hydrogen) atoms. The molecule has 0 aliphatic rings. The first-order valence-electron chi connectivity index (χ1n) is 8.82. The maximum atomic E-state index is 11.7. The molecule has 1 rings (SSSR count). The molecule has 3 N–H and O–H groups in total. The summed E-state index contributed by atoms with van der Waals surface area (Å²) < 4.78 is 4.97. The number of pyridine rings is 1. The predicted molar refractivity (Wildman–Crippen MR) is 116 cm³/mol. The zero-order valence-corrected chi connectivity index (χ0v) is 18.4. The lowest BCUT2D eigenvalue weighted by atomic mass is 10.0. The van der Waals surface area contributed by atoms with E-state index in [2.05, 4.69) is 39.8 Å². The second-order valence-corrected chi connectivity index (χ2v) is 6.14. The summed E-state index contributed by atoms with van der Waals surface area (Å²) in [6.07, 6.45) is 3.09. The van der Waals surface area contributed by atoms with Crippen molar-refractivity contribution in [3.05, 3.63) is 30.1 Å². The molecule has 1 aromatic rings. The van der Waals surface area contributed by atoms with E-state index in [1.165, 1.54) is 0 Å². The minimum absolute atomic E-state index is 0. The predicted octanol–water partition coefficient (Wildman–Crippen LogP) is 2.57. The first kappa shape index (κ1) is 24.4. The second kappa shape index (κ2) is 14.6. The van der Waals surface area contributed by atoms with Gasteiger partial charge in [0.1, 0.15) is 0 Å². The van der Waals surface area contributed by atoms with Crippen LogP contribution in [-0.2, 0) is 11.2 Å². The minimum Gasteiger partial charge on any atom is -0.450 e. The standard InChI is InChI=1S/C18H31N5O2.HI/c1-5-25-18(24)23-16(12-14(2)3)13-22-17(19-4)21-11-9-15-8-6-7-10-20-15;/h6-8,10,14,16H,5,9,11-13H2,1-4H3,(H,23,24)(H2,19,21,22);1H. The highest BCUT2D eigenvalue weighted by atomic mass is 127. The van der Waals surface area contributed by atoms with Crippen LogP contribution >= 0.6 is 24.0 Å². The van der Waals surface area contributed by atoms with Gasteiger partial charge in [0, 0.05) is 44.5 Å². The summed E-state index contributed by atoms with van der Waals surface area (Å²) in [7, 11) is 1.73. The normalized spacial score (nSPS) is 12.1. The van der Waals surface area contributed by atoms with Gasteiger partial charge in [-0.05, 0) is 31.4 Å². The molecule has 148 valence electrons. The molecule has 1 heterocycles. The third-order valence-electron chi connectivity index (χ3n) is 3.49. The minimum atomic E-state index is -0.381. The van der Waals surface area contributed by atoms with Crippen molar-refractivity contribution >= 4 is 36.0 Å². The van der Waals surface area contributed by atoms with E-state index < -0.39 is 0 Å². The lowest BCUT2D eigenvalue weighted by molar-refractivity contribution is 0.146. The van der Waals surface area contributed by atoms with Crippen molar-refractivity contribution in [1.82, 2.24) is 20.9 Å². The molecule has 1 unspecified atom stereocenters. The zero-order chi connectivity index (χ0) is 18.5. The summed E-state index contributed by atoms with van der Waals surface area (Å²) in [6, 6.07) is 5.86. The number of alkyl carbamates (subject to hydrolysis) is 1. The molecule has 7 nitrogen and oxygen atoms in total. The fourth-order valence-corrected chi connectivity index (χ4v) is 2.40.